The highest BCUT2D eigenvalue weighted by atomic mass is 16.2. The Morgan fingerprint density at radius 1 is 1.52 bits per heavy atom. The van der Waals surface area contributed by atoms with Gasteiger partial charge < -0.3 is 5.32 Å². The van der Waals surface area contributed by atoms with Crippen LogP contribution in [0.25, 0.3) is 0 Å². The smallest absolute Gasteiger partial charge is 0.235 e. The number of hydrogen-bond acceptors (Lipinski definition) is 4. The lowest BCUT2D eigenvalue weighted by Gasteiger charge is -2.27. The molecular weight excluding hydrogens is 290 g/mol. The molecule has 6 heteroatoms. The number of nitrogens with zero attached hydrogens (tertiary/aromatic N) is 4. The van der Waals surface area contributed by atoms with Crippen molar-refractivity contribution in [2.45, 2.75) is 57.7 Å². The third-order valence-corrected chi connectivity index (χ3v) is 5.03. The van der Waals surface area contributed by atoms with Gasteiger partial charge in [-0.3, -0.25) is 14.4 Å². The topological polar surface area (TPSA) is 74.0 Å². The highest BCUT2D eigenvalue weighted by Gasteiger charge is 2.43. The van der Waals surface area contributed by atoms with Crippen molar-refractivity contribution in [1.29, 1.82) is 5.26 Å². The highest BCUT2D eigenvalue weighted by Crippen LogP contribution is 2.39. The first-order chi connectivity index (χ1) is 11.0. The standard InChI is InChI=1S/C17H25N5O/c1-13-8-19-22(9-13)10-15-4-3-7-21(15)11-16(23)20-17(2,12-18)14-5-6-14/h8-9,14-15H,3-7,10-11H2,1-2H3,(H,20,23)/t15-,17-/m1/s1. The second-order valence-corrected chi connectivity index (χ2v) is 7.14. The molecule has 1 aliphatic heterocycles. The zero-order valence-corrected chi connectivity index (χ0v) is 14.0. The van der Waals surface area contributed by atoms with Crippen LogP contribution in [0.1, 0.15) is 38.2 Å². The Kier molecular flexibility index (Phi) is 4.40. The molecule has 0 bridgehead atoms. The van der Waals surface area contributed by atoms with Crippen molar-refractivity contribution in [3.63, 3.8) is 0 Å². The summed E-state index contributed by atoms with van der Waals surface area (Å²) >= 11 is 0. The summed E-state index contributed by atoms with van der Waals surface area (Å²) < 4.78 is 1.96. The summed E-state index contributed by atoms with van der Waals surface area (Å²) in [6.45, 7) is 6.00. The molecule has 6 nitrogen and oxygen atoms in total. The van der Waals surface area contributed by atoms with E-state index in [4.69, 9.17) is 0 Å². The average molecular weight is 315 g/mol. The molecule has 0 aromatic carbocycles. The number of rotatable bonds is 6. The molecule has 1 amide bonds. The zero-order chi connectivity index (χ0) is 16.4. The quantitative estimate of drug-likeness (QED) is 0.862. The van der Waals surface area contributed by atoms with Gasteiger partial charge in [0.1, 0.15) is 5.54 Å². The van der Waals surface area contributed by atoms with Gasteiger partial charge in [0.05, 0.1) is 25.4 Å². The van der Waals surface area contributed by atoms with Crippen LogP contribution in [0.3, 0.4) is 0 Å². The first kappa shape index (κ1) is 16.0. The van der Waals surface area contributed by atoms with Crippen LogP contribution in [0.15, 0.2) is 12.4 Å². The highest BCUT2D eigenvalue weighted by molar-refractivity contribution is 5.79. The van der Waals surface area contributed by atoms with Gasteiger partial charge in [-0.25, -0.2) is 0 Å². The summed E-state index contributed by atoms with van der Waals surface area (Å²) in [4.78, 5) is 14.6. The molecule has 2 fully saturated rings. The second kappa shape index (κ2) is 6.32. The molecule has 3 rings (SSSR count). The van der Waals surface area contributed by atoms with Crippen LogP contribution >= 0.6 is 0 Å². The van der Waals surface area contributed by atoms with E-state index in [1.165, 1.54) is 0 Å². The van der Waals surface area contributed by atoms with Crippen LogP contribution in [0.4, 0.5) is 0 Å². The summed E-state index contributed by atoms with van der Waals surface area (Å²) in [5.74, 6) is 0.280. The zero-order valence-electron chi connectivity index (χ0n) is 14.0. The van der Waals surface area contributed by atoms with Crippen LogP contribution in [-0.4, -0.2) is 45.3 Å². The summed E-state index contributed by atoms with van der Waals surface area (Å²) in [5.41, 5.74) is 0.451. The molecule has 23 heavy (non-hydrogen) atoms. The minimum atomic E-state index is -0.703. The normalized spacial score (nSPS) is 24.1. The number of carbonyl (C=O) groups is 1. The van der Waals surface area contributed by atoms with Crippen molar-refractivity contribution in [2.24, 2.45) is 5.92 Å². The molecule has 0 radical (unpaired) electrons. The Morgan fingerprint density at radius 3 is 2.91 bits per heavy atom. The molecule has 124 valence electrons. The lowest BCUT2D eigenvalue weighted by atomic mass is 9.98. The third kappa shape index (κ3) is 3.73. The predicted molar refractivity (Wildman–Crippen MR) is 86.4 cm³/mol. The molecule has 1 saturated carbocycles. The van der Waals surface area contributed by atoms with Crippen molar-refractivity contribution in [3.8, 4) is 6.07 Å². The maximum absolute atomic E-state index is 12.4. The molecule has 1 aromatic heterocycles. The predicted octanol–water partition coefficient (Wildman–Crippen LogP) is 1.46. The number of nitrogens with one attached hydrogen (secondary N) is 1. The Bertz CT molecular complexity index is 615. The number of amides is 1. The molecule has 2 atom stereocenters. The summed E-state index contributed by atoms with van der Waals surface area (Å²) in [6.07, 6.45) is 8.17. The average Bonchev–Trinajstić information content (AvgIpc) is 3.18. The summed E-state index contributed by atoms with van der Waals surface area (Å²) in [7, 11) is 0. The van der Waals surface area contributed by atoms with Crippen molar-refractivity contribution in [2.75, 3.05) is 13.1 Å². The van der Waals surface area contributed by atoms with Gasteiger partial charge in [0.15, 0.2) is 0 Å². The van der Waals surface area contributed by atoms with Crippen LogP contribution in [-0.2, 0) is 11.3 Å². The first-order valence-corrected chi connectivity index (χ1v) is 8.45. The number of aromatic nitrogens is 2. The van der Waals surface area contributed by atoms with Crippen LogP contribution in [0, 0.1) is 24.2 Å². The maximum Gasteiger partial charge on any atom is 0.235 e. The molecular formula is C17H25N5O. The molecule has 0 unspecified atom stereocenters. The van der Waals surface area contributed by atoms with E-state index in [2.05, 4.69) is 21.4 Å². The fourth-order valence-electron chi connectivity index (χ4n) is 3.49. The minimum Gasteiger partial charge on any atom is -0.337 e. The Balaban J connectivity index is 1.55. The van der Waals surface area contributed by atoms with E-state index in [1.807, 2.05) is 30.9 Å². The Labute approximate surface area is 137 Å². The number of aryl methyl sites for hydroxylation is 1. The molecule has 2 aliphatic rings. The van der Waals surface area contributed by atoms with Gasteiger partial charge >= 0.3 is 0 Å². The lowest BCUT2D eigenvalue weighted by molar-refractivity contribution is -0.124. The minimum absolute atomic E-state index is 0.0375. The Morgan fingerprint density at radius 2 is 2.30 bits per heavy atom. The van der Waals surface area contributed by atoms with Gasteiger partial charge in [-0.15, -0.1) is 0 Å². The number of carbonyl (C=O) groups excluding carboxylic acids is 1. The molecule has 2 heterocycles. The van der Waals surface area contributed by atoms with Crippen LogP contribution in [0.2, 0.25) is 0 Å². The van der Waals surface area contributed by atoms with Gasteiger partial charge in [-0.2, -0.15) is 10.4 Å². The SMILES string of the molecule is Cc1cnn(C[C@H]2CCCN2CC(=O)N[C@](C)(C#N)C2CC2)c1. The fourth-order valence-corrected chi connectivity index (χ4v) is 3.49. The molecule has 1 saturated heterocycles. The van der Waals surface area contributed by atoms with Gasteiger partial charge in [0.25, 0.3) is 0 Å². The van der Waals surface area contributed by atoms with E-state index < -0.39 is 5.54 Å². The molecule has 1 N–H and O–H groups in total. The second-order valence-electron chi connectivity index (χ2n) is 7.14. The van der Waals surface area contributed by atoms with Crippen LogP contribution < -0.4 is 5.32 Å². The maximum atomic E-state index is 12.4. The van der Waals surface area contributed by atoms with Crippen molar-refractivity contribution < 1.29 is 4.79 Å². The molecule has 0 spiro atoms. The van der Waals surface area contributed by atoms with E-state index in [0.29, 0.717) is 18.5 Å². The van der Waals surface area contributed by atoms with E-state index >= 15 is 0 Å². The number of nitriles is 1. The van der Waals surface area contributed by atoms with E-state index in [1.54, 1.807) is 0 Å². The van der Waals surface area contributed by atoms with Crippen molar-refractivity contribution >= 4 is 5.91 Å². The summed E-state index contributed by atoms with van der Waals surface area (Å²) in [6, 6.07) is 2.63. The van der Waals surface area contributed by atoms with Crippen LogP contribution in [0.5, 0.6) is 0 Å². The molecule has 1 aromatic rings. The lowest BCUT2D eigenvalue weighted by Crippen LogP contribution is -2.51. The third-order valence-electron chi connectivity index (χ3n) is 5.03. The van der Waals surface area contributed by atoms with Gasteiger partial charge in [0, 0.05) is 12.2 Å². The fraction of sp³-hybridized carbons (Fsp3) is 0.706. The van der Waals surface area contributed by atoms with Gasteiger partial charge in [-0.05, 0) is 57.6 Å². The van der Waals surface area contributed by atoms with E-state index in [0.717, 1.165) is 44.3 Å². The van der Waals surface area contributed by atoms with E-state index in [-0.39, 0.29) is 5.91 Å². The van der Waals surface area contributed by atoms with Crippen molar-refractivity contribution in [1.82, 2.24) is 20.0 Å². The number of likely N-dealkylation sites (tertiary alicyclic amines) is 1. The first-order valence-electron chi connectivity index (χ1n) is 8.45. The van der Waals surface area contributed by atoms with Gasteiger partial charge in [-0.1, -0.05) is 0 Å². The monoisotopic (exact) mass is 315 g/mol. The largest absolute Gasteiger partial charge is 0.337 e. The Hall–Kier alpha value is -1.87. The molecule has 1 aliphatic carbocycles. The summed E-state index contributed by atoms with van der Waals surface area (Å²) in [5, 5.41) is 16.7. The van der Waals surface area contributed by atoms with Gasteiger partial charge in [0.2, 0.25) is 5.91 Å². The van der Waals surface area contributed by atoms with Crippen molar-refractivity contribution in [3.05, 3.63) is 18.0 Å². The number of hydrogen-bond donors (Lipinski definition) is 1. The van der Waals surface area contributed by atoms with E-state index in [9.17, 15) is 10.1 Å².